The molecule has 0 aliphatic carbocycles. The standard InChI is InChI=1S/C6H7F3N2O2/c1-12-5-4(6(7,8)9)13-3(2-10)11-5/h2,10H2,1H3. The Morgan fingerprint density at radius 3 is 2.46 bits per heavy atom. The quantitative estimate of drug-likeness (QED) is 0.770. The highest BCUT2D eigenvalue weighted by Gasteiger charge is 2.40. The van der Waals surface area contributed by atoms with Gasteiger partial charge in [-0.3, -0.25) is 0 Å². The van der Waals surface area contributed by atoms with E-state index in [1.165, 1.54) is 0 Å². The zero-order valence-electron chi connectivity index (χ0n) is 6.68. The number of halogens is 3. The van der Waals surface area contributed by atoms with Crippen LogP contribution in [0, 0.1) is 0 Å². The van der Waals surface area contributed by atoms with Crippen LogP contribution in [-0.4, -0.2) is 12.1 Å². The third kappa shape index (κ3) is 1.92. The number of methoxy groups -OCH3 is 1. The van der Waals surface area contributed by atoms with Gasteiger partial charge in [0, 0.05) is 0 Å². The van der Waals surface area contributed by atoms with Crippen LogP contribution in [0.25, 0.3) is 0 Å². The van der Waals surface area contributed by atoms with Gasteiger partial charge in [-0.15, -0.1) is 0 Å². The van der Waals surface area contributed by atoms with Crippen molar-refractivity contribution < 1.29 is 22.3 Å². The molecule has 0 aromatic carbocycles. The number of nitrogens with zero attached hydrogens (tertiary/aromatic N) is 1. The highest BCUT2D eigenvalue weighted by atomic mass is 19.4. The molecule has 7 heteroatoms. The van der Waals surface area contributed by atoms with Crippen LogP contribution in [0.1, 0.15) is 11.7 Å². The normalized spacial score (nSPS) is 11.8. The van der Waals surface area contributed by atoms with E-state index in [1.807, 2.05) is 0 Å². The van der Waals surface area contributed by atoms with Gasteiger partial charge in [0.25, 0.3) is 11.6 Å². The Morgan fingerprint density at radius 1 is 1.54 bits per heavy atom. The maximum Gasteiger partial charge on any atom is 0.455 e. The van der Waals surface area contributed by atoms with Crippen molar-refractivity contribution in [2.75, 3.05) is 7.11 Å². The van der Waals surface area contributed by atoms with Gasteiger partial charge in [-0.05, 0) is 0 Å². The molecule has 4 nitrogen and oxygen atoms in total. The first-order chi connectivity index (χ1) is 5.99. The van der Waals surface area contributed by atoms with Crippen LogP contribution in [0.5, 0.6) is 5.88 Å². The van der Waals surface area contributed by atoms with E-state index in [9.17, 15) is 13.2 Å². The molecule has 0 amide bonds. The SMILES string of the molecule is COc1nc(CN)oc1C(F)(F)F. The molecule has 0 radical (unpaired) electrons. The van der Waals surface area contributed by atoms with Gasteiger partial charge in [-0.1, -0.05) is 0 Å². The molecule has 2 N–H and O–H groups in total. The summed E-state index contributed by atoms with van der Waals surface area (Å²) in [6.45, 7) is -0.202. The number of hydrogen-bond acceptors (Lipinski definition) is 4. The molecule has 0 unspecified atom stereocenters. The average molecular weight is 196 g/mol. The Bertz CT molecular complexity index is 295. The molecule has 0 spiro atoms. The fourth-order valence-corrected chi connectivity index (χ4v) is 0.753. The summed E-state index contributed by atoms with van der Waals surface area (Å²) in [6, 6.07) is 0. The molecule has 1 heterocycles. The van der Waals surface area contributed by atoms with E-state index in [-0.39, 0.29) is 12.4 Å². The fourth-order valence-electron chi connectivity index (χ4n) is 0.753. The zero-order chi connectivity index (χ0) is 10.1. The Kier molecular flexibility index (Phi) is 2.46. The molecule has 0 aliphatic heterocycles. The lowest BCUT2D eigenvalue weighted by Gasteiger charge is -2.02. The van der Waals surface area contributed by atoms with Gasteiger partial charge in [-0.25, -0.2) is 0 Å². The van der Waals surface area contributed by atoms with Crippen LogP contribution in [0.2, 0.25) is 0 Å². The summed E-state index contributed by atoms with van der Waals surface area (Å²) >= 11 is 0. The van der Waals surface area contributed by atoms with Gasteiger partial charge < -0.3 is 14.9 Å². The van der Waals surface area contributed by atoms with Crippen LogP contribution in [-0.2, 0) is 12.7 Å². The Morgan fingerprint density at radius 2 is 2.15 bits per heavy atom. The third-order valence-electron chi connectivity index (χ3n) is 1.27. The molecule has 0 bridgehead atoms. The van der Waals surface area contributed by atoms with Gasteiger partial charge in [-0.2, -0.15) is 18.2 Å². The van der Waals surface area contributed by atoms with Crippen molar-refractivity contribution in [3.63, 3.8) is 0 Å². The monoisotopic (exact) mass is 196 g/mol. The molecule has 0 atom stereocenters. The van der Waals surface area contributed by atoms with Crippen LogP contribution in [0.15, 0.2) is 4.42 Å². The maximum absolute atomic E-state index is 12.1. The van der Waals surface area contributed by atoms with Crippen molar-refractivity contribution in [3.05, 3.63) is 11.7 Å². The van der Waals surface area contributed by atoms with E-state index in [0.717, 1.165) is 7.11 Å². The Balaban J connectivity index is 3.11. The molecule has 74 valence electrons. The van der Waals surface area contributed by atoms with E-state index >= 15 is 0 Å². The van der Waals surface area contributed by atoms with E-state index in [4.69, 9.17) is 5.73 Å². The van der Waals surface area contributed by atoms with Gasteiger partial charge in [0.1, 0.15) is 0 Å². The van der Waals surface area contributed by atoms with Gasteiger partial charge in [0.2, 0.25) is 5.89 Å². The summed E-state index contributed by atoms with van der Waals surface area (Å²) in [7, 11) is 1.08. The lowest BCUT2D eigenvalue weighted by molar-refractivity contribution is -0.154. The highest BCUT2D eigenvalue weighted by molar-refractivity contribution is 5.19. The van der Waals surface area contributed by atoms with E-state index in [2.05, 4.69) is 14.1 Å². The van der Waals surface area contributed by atoms with Crippen molar-refractivity contribution in [1.29, 1.82) is 0 Å². The summed E-state index contributed by atoms with van der Waals surface area (Å²) in [5.41, 5.74) is 5.05. The molecule has 0 fully saturated rings. The second-order valence-electron chi connectivity index (χ2n) is 2.15. The minimum atomic E-state index is -4.61. The minimum absolute atomic E-state index is 0.202. The van der Waals surface area contributed by atoms with Crippen LogP contribution in [0.3, 0.4) is 0 Å². The number of aromatic nitrogens is 1. The second-order valence-corrected chi connectivity index (χ2v) is 2.15. The van der Waals surface area contributed by atoms with Crippen molar-refractivity contribution in [3.8, 4) is 5.88 Å². The molecule has 1 aromatic heterocycles. The van der Waals surface area contributed by atoms with Crippen LogP contribution >= 0.6 is 0 Å². The number of hydrogen-bond donors (Lipinski definition) is 1. The predicted molar refractivity (Wildman–Crippen MR) is 35.9 cm³/mol. The summed E-state index contributed by atoms with van der Waals surface area (Å²) in [6.07, 6.45) is -4.61. The third-order valence-corrected chi connectivity index (χ3v) is 1.27. The number of rotatable bonds is 2. The summed E-state index contributed by atoms with van der Waals surface area (Å²) in [5, 5.41) is 0. The molecule has 0 saturated heterocycles. The number of nitrogens with two attached hydrogens (primary N) is 1. The fraction of sp³-hybridized carbons (Fsp3) is 0.500. The lowest BCUT2D eigenvalue weighted by atomic mass is 10.5. The van der Waals surface area contributed by atoms with Crippen molar-refractivity contribution in [2.45, 2.75) is 12.7 Å². The molecule has 1 aromatic rings. The number of alkyl halides is 3. The zero-order valence-corrected chi connectivity index (χ0v) is 6.68. The number of oxazole rings is 1. The first kappa shape index (κ1) is 9.85. The minimum Gasteiger partial charge on any atom is -0.478 e. The highest BCUT2D eigenvalue weighted by Crippen LogP contribution is 2.36. The molecule has 0 aliphatic rings. The van der Waals surface area contributed by atoms with Crippen molar-refractivity contribution in [1.82, 2.24) is 4.98 Å². The lowest BCUT2D eigenvalue weighted by Crippen LogP contribution is -2.05. The first-order valence-electron chi connectivity index (χ1n) is 3.30. The van der Waals surface area contributed by atoms with E-state index < -0.39 is 17.8 Å². The van der Waals surface area contributed by atoms with Gasteiger partial charge in [0.05, 0.1) is 13.7 Å². The molecule has 13 heavy (non-hydrogen) atoms. The smallest absolute Gasteiger partial charge is 0.455 e. The summed E-state index contributed by atoms with van der Waals surface area (Å²) in [4.78, 5) is 3.38. The van der Waals surface area contributed by atoms with E-state index in [1.54, 1.807) is 0 Å². The van der Waals surface area contributed by atoms with Crippen molar-refractivity contribution in [2.24, 2.45) is 5.73 Å². The predicted octanol–water partition coefficient (Wildman–Crippen LogP) is 1.16. The molecular formula is C6H7F3N2O2. The topological polar surface area (TPSA) is 61.3 Å². The Hall–Kier alpha value is -1.24. The largest absolute Gasteiger partial charge is 0.478 e. The molecular weight excluding hydrogens is 189 g/mol. The van der Waals surface area contributed by atoms with Gasteiger partial charge in [0.15, 0.2) is 0 Å². The Labute approximate surface area is 71.5 Å². The van der Waals surface area contributed by atoms with Crippen LogP contribution < -0.4 is 10.5 Å². The van der Waals surface area contributed by atoms with E-state index in [0.29, 0.717) is 0 Å². The molecule has 0 saturated carbocycles. The average Bonchev–Trinajstić information content (AvgIpc) is 2.46. The second kappa shape index (κ2) is 3.25. The summed E-state index contributed by atoms with van der Waals surface area (Å²) < 4.78 is 45.1. The summed E-state index contributed by atoms with van der Waals surface area (Å²) in [5.74, 6) is -2.05. The molecule has 1 rings (SSSR count). The first-order valence-corrected chi connectivity index (χ1v) is 3.30. The van der Waals surface area contributed by atoms with Gasteiger partial charge >= 0.3 is 6.18 Å². The number of ether oxygens (including phenoxy) is 1. The maximum atomic E-state index is 12.1. The van der Waals surface area contributed by atoms with Crippen LogP contribution in [0.4, 0.5) is 13.2 Å². The van der Waals surface area contributed by atoms with Crippen molar-refractivity contribution >= 4 is 0 Å².